The molecule has 0 spiro atoms. The van der Waals surface area contributed by atoms with E-state index in [9.17, 15) is 0 Å². The largest absolute Gasteiger partial charge is 0.384 e. The Hall–Kier alpha value is -3.45. The summed E-state index contributed by atoms with van der Waals surface area (Å²) in [5.74, 6) is 0.765. The number of hydrogen-bond donors (Lipinski definition) is 1. The van der Waals surface area contributed by atoms with Crippen molar-refractivity contribution >= 4 is 22.5 Å². The van der Waals surface area contributed by atoms with Crippen LogP contribution in [0, 0.1) is 12.7 Å². The molecular weight excluding hydrogens is 381 g/mol. The number of nitrogens with zero attached hydrogens (tertiary/aromatic N) is 4. The highest BCUT2D eigenvalue weighted by atomic mass is 19.1. The van der Waals surface area contributed by atoms with Gasteiger partial charge in [-0.2, -0.15) is 0 Å². The normalized spacial score (nSPS) is 14.4. The molecule has 1 aliphatic rings. The van der Waals surface area contributed by atoms with Crippen molar-refractivity contribution in [1.82, 2.24) is 14.5 Å². The fraction of sp³-hybridized carbons (Fsp3) is 0.217. The van der Waals surface area contributed by atoms with Gasteiger partial charge in [0.15, 0.2) is 5.82 Å². The van der Waals surface area contributed by atoms with Crippen molar-refractivity contribution in [1.29, 1.82) is 0 Å². The molecule has 0 unspecified atom stereocenters. The maximum atomic E-state index is 15.7. The van der Waals surface area contributed by atoms with E-state index in [1.165, 1.54) is 0 Å². The van der Waals surface area contributed by atoms with Crippen LogP contribution in [0.2, 0.25) is 0 Å². The molecule has 2 aromatic carbocycles. The average Bonchev–Trinajstić information content (AvgIpc) is 3.11. The van der Waals surface area contributed by atoms with Crippen LogP contribution in [0.1, 0.15) is 5.82 Å². The first-order valence-corrected chi connectivity index (χ1v) is 9.94. The van der Waals surface area contributed by atoms with Gasteiger partial charge in [-0.15, -0.1) is 0 Å². The van der Waals surface area contributed by atoms with Crippen LogP contribution in [0.15, 0.2) is 54.7 Å². The number of hydrogen-bond acceptors (Lipinski definition) is 5. The number of halogens is 1. The predicted molar refractivity (Wildman–Crippen MR) is 116 cm³/mol. The SMILES string of the molecule is Cc1nc2ccc(-c3ccnc(N)c3)c(F)c2n1-c1ccc(N2CCOCC2)cc1. The van der Waals surface area contributed by atoms with E-state index in [-0.39, 0.29) is 5.82 Å². The minimum absolute atomic E-state index is 0.323. The first-order valence-electron chi connectivity index (χ1n) is 9.94. The van der Waals surface area contributed by atoms with Gasteiger partial charge in [-0.3, -0.25) is 4.57 Å². The molecule has 0 atom stereocenters. The van der Waals surface area contributed by atoms with Gasteiger partial charge in [-0.1, -0.05) is 0 Å². The van der Waals surface area contributed by atoms with E-state index in [4.69, 9.17) is 10.5 Å². The number of imidazole rings is 1. The van der Waals surface area contributed by atoms with E-state index in [0.29, 0.717) is 28.0 Å². The fourth-order valence-corrected chi connectivity index (χ4v) is 4.03. The lowest BCUT2D eigenvalue weighted by molar-refractivity contribution is 0.122. The molecule has 0 saturated carbocycles. The van der Waals surface area contributed by atoms with Gasteiger partial charge >= 0.3 is 0 Å². The smallest absolute Gasteiger partial charge is 0.157 e. The van der Waals surface area contributed by atoms with Crippen LogP contribution in [0.25, 0.3) is 27.8 Å². The number of ether oxygens (including phenoxy) is 1. The summed E-state index contributed by atoms with van der Waals surface area (Å²) in [5, 5.41) is 0. The Morgan fingerprint density at radius 2 is 1.73 bits per heavy atom. The molecule has 4 aromatic rings. The zero-order valence-corrected chi connectivity index (χ0v) is 16.7. The van der Waals surface area contributed by atoms with Crippen LogP contribution in [-0.4, -0.2) is 40.8 Å². The number of aryl methyl sites for hydroxylation is 1. The Kier molecular flexibility index (Phi) is 4.59. The molecule has 2 N–H and O–H groups in total. The minimum atomic E-state index is -0.323. The summed E-state index contributed by atoms with van der Waals surface area (Å²) in [7, 11) is 0. The number of morpholine rings is 1. The number of rotatable bonds is 3. The van der Waals surface area contributed by atoms with Crippen LogP contribution >= 0.6 is 0 Å². The molecule has 1 fully saturated rings. The van der Waals surface area contributed by atoms with Gasteiger partial charge < -0.3 is 15.4 Å². The predicted octanol–water partition coefficient (Wildman–Crippen LogP) is 3.95. The quantitative estimate of drug-likeness (QED) is 0.561. The summed E-state index contributed by atoms with van der Waals surface area (Å²) in [6.45, 7) is 5.11. The van der Waals surface area contributed by atoms with E-state index in [0.717, 1.165) is 43.5 Å². The zero-order chi connectivity index (χ0) is 20.7. The van der Waals surface area contributed by atoms with Crippen molar-refractivity contribution in [2.75, 3.05) is 36.9 Å². The number of anilines is 2. The highest BCUT2D eigenvalue weighted by Crippen LogP contribution is 2.32. The zero-order valence-electron chi connectivity index (χ0n) is 16.7. The molecule has 30 heavy (non-hydrogen) atoms. The van der Waals surface area contributed by atoms with Crippen molar-refractivity contribution < 1.29 is 9.13 Å². The number of nitrogens with two attached hydrogens (primary N) is 1. The second-order valence-corrected chi connectivity index (χ2v) is 7.37. The standard InChI is InChI=1S/C23H22FN5O/c1-15-27-20-7-6-19(16-8-9-26-21(25)14-16)22(24)23(20)29(15)18-4-2-17(3-5-18)28-10-12-30-13-11-28/h2-9,14H,10-13H2,1H3,(H2,25,26). The number of fused-ring (bicyclic) bond motifs is 1. The molecule has 152 valence electrons. The van der Waals surface area contributed by atoms with Gasteiger partial charge in [-0.05, 0) is 61.0 Å². The third kappa shape index (κ3) is 3.17. The second-order valence-electron chi connectivity index (χ2n) is 7.37. The molecule has 1 saturated heterocycles. The summed E-state index contributed by atoms with van der Waals surface area (Å²) in [6.07, 6.45) is 1.58. The van der Waals surface area contributed by atoms with Gasteiger partial charge in [0.25, 0.3) is 0 Å². The highest BCUT2D eigenvalue weighted by Gasteiger charge is 2.18. The minimum Gasteiger partial charge on any atom is -0.384 e. The average molecular weight is 403 g/mol. The lowest BCUT2D eigenvalue weighted by Gasteiger charge is -2.29. The van der Waals surface area contributed by atoms with Crippen LogP contribution < -0.4 is 10.6 Å². The molecule has 5 rings (SSSR count). The van der Waals surface area contributed by atoms with Crippen molar-refractivity contribution in [3.63, 3.8) is 0 Å². The third-order valence-electron chi connectivity index (χ3n) is 5.50. The first kappa shape index (κ1) is 18.6. The Morgan fingerprint density at radius 1 is 1.00 bits per heavy atom. The number of nitrogen functional groups attached to an aromatic ring is 1. The second kappa shape index (κ2) is 7.42. The van der Waals surface area contributed by atoms with Crippen molar-refractivity contribution in [2.45, 2.75) is 6.92 Å². The van der Waals surface area contributed by atoms with Crippen molar-refractivity contribution in [3.8, 4) is 16.8 Å². The van der Waals surface area contributed by atoms with E-state index in [1.54, 1.807) is 24.4 Å². The van der Waals surface area contributed by atoms with Gasteiger partial charge in [0.05, 0.1) is 18.7 Å². The van der Waals surface area contributed by atoms with Gasteiger partial charge in [-0.25, -0.2) is 14.4 Å². The Bertz CT molecular complexity index is 1210. The number of pyridine rings is 1. The number of benzene rings is 2. The van der Waals surface area contributed by atoms with Gasteiger partial charge in [0.2, 0.25) is 0 Å². The molecular formula is C23H22FN5O. The van der Waals surface area contributed by atoms with Gasteiger partial charge in [0, 0.05) is 36.2 Å². The van der Waals surface area contributed by atoms with Crippen LogP contribution in [0.5, 0.6) is 0 Å². The number of aromatic nitrogens is 3. The Morgan fingerprint density at radius 3 is 2.47 bits per heavy atom. The summed E-state index contributed by atoms with van der Waals surface area (Å²) in [4.78, 5) is 10.9. The van der Waals surface area contributed by atoms with Crippen LogP contribution in [0.3, 0.4) is 0 Å². The Balaban J connectivity index is 1.60. The Labute approximate surface area is 173 Å². The van der Waals surface area contributed by atoms with Crippen molar-refractivity contribution in [2.24, 2.45) is 0 Å². The van der Waals surface area contributed by atoms with Crippen LogP contribution in [0.4, 0.5) is 15.9 Å². The van der Waals surface area contributed by atoms with Gasteiger partial charge in [0.1, 0.15) is 17.2 Å². The molecule has 0 bridgehead atoms. The molecule has 1 aliphatic heterocycles. The molecule has 0 aliphatic carbocycles. The lowest BCUT2D eigenvalue weighted by Crippen LogP contribution is -2.36. The summed E-state index contributed by atoms with van der Waals surface area (Å²) >= 11 is 0. The first-order chi connectivity index (χ1) is 14.6. The highest BCUT2D eigenvalue weighted by molar-refractivity contribution is 5.85. The van der Waals surface area contributed by atoms with E-state index in [2.05, 4.69) is 27.0 Å². The monoisotopic (exact) mass is 403 g/mol. The molecule has 0 amide bonds. The molecule has 7 heteroatoms. The third-order valence-corrected chi connectivity index (χ3v) is 5.50. The fourth-order valence-electron chi connectivity index (χ4n) is 4.03. The summed E-state index contributed by atoms with van der Waals surface area (Å²) < 4.78 is 23.0. The van der Waals surface area contributed by atoms with Crippen molar-refractivity contribution in [3.05, 3.63) is 66.4 Å². The summed E-state index contributed by atoms with van der Waals surface area (Å²) in [6, 6.07) is 15.2. The van der Waals surface area contributed by atoms with E-state index >= 15 is 4.39 Å². The lowest BCUT2D eigenvalue weighted by atomic mass is 10.1. The van der Waals surface area contributed by atoms with E-state index < -0.39 is 0 Å². The molecule has 2 aromatic heterocycles. The molecule has 6 nitrogen and oxygen atoms in total. The maximum absolute atomic E-state index is 15.7. The summed E-state index contributed by atoms with van der Waals surface area (Å²) in [5.41, 5.74) is 10.0. The van der Waals surface area contributed by atoms with Crippen LogP contribution in [-0.2, 0) is 4.74 Å². The molecule has 3 heterocycles. The van der Waals surface area contributed by atoms with E-state index in [1.807, 2.05) is 29.7 Å². The molecule has 0 radical (unpaired) electrons. The maximum Gasteiger partial charge on any atom is 0.157 e. The topological polar surface area (TPSA) is 69.2 Å².